The van der Waals surface area contributed by atoms with E-state index < -0.39 is 17.8 Å². The maximum absolute atomic E-state index is 12.5. The van der Waals surface area contributed by atoms with Crippen LogP contribution in [0.25, 0.3) is 0 Å². The van der Waals surface area contributed by atoms with Crippen molar-refractivity contribution in [2.45, 2.75) is 38.9 Å². The van der Waals surface area contributed by atoms with E-state index >= 15 is 0 Å². The van der Waals surface area contributed by atoms with Crippen molar-refractivity contribution in [1.29, 1.82) is 0 Å². The van der Waals surface area contributed by atoms with Crippen LogP contribution < -0.4 is 10.6 Å². The van der Waals surface area contributed by atoms with Crippen molar-refractivity contribution in [3.05, 3.63) is 29.8 Å². The summed E-state index contributed by atoms with van der Waals surface area (Å²) >= 11 is 0. The predicted molar refractivity (Wildman–Crippen MR) is 68.0 cm³/mol. The van der Waals surface area contributed by atoms with E-state index in [0.717, 1.165) is 25.0 Å². The number of nitrogens with one attached hydrogen (secondary N) is 2. The molecule has 3 nitrogen and oxygen atoms in total. The number of carbonyl (C=O) groups is 1. The molecule has 0 spiro atoms. The van der Waals surface area contributed by atoms with Gasteiger partial charge in [0.05, 0.1) is 5.56 Å². The number of urea groups is 1. The van der Waals surface area contributed by atoms with E-state index in [1.807, 2.05) is 13.8 Å². The monoisotopic (exact) mass is 274 g/mol. The van der Waals surface area contributed by atoms with Gasteiger partial charge in [-0.15, -0.1) is 0 Å². The molecular weight excluding hydrogens is 257 g/mol. The molecule has 0 unspecified atom stereocenters. The smallest absolute Gasteiger partial charge is 0.335 e. The molecule has 0 saturated carbocycles. The van der Waals surface area contributed by atoms with Gasteiger partial charge in [-0.25, -0.2) is 4.79 Å². The third-order valence-electron chi connectivity index (χ3n) is 2.77. The van der Waals surface area contributed by atoms with Crippen LogP contribution in [0, 0.1) is 0 Å². The number of hydrogen-bond acceptors (Lipinski definition) is 1. The number of alkyl halides is 3. The first-order valence-corrected chi connectivity index (χ1v) is 6.11. The lowest BCUT2D eigenvalue weighted by molar-refractivity contribution is -0.137. The van der Waals surface area contributed by atoms with E-state index in [1.165, 1.54) is 12.1 Å². The highest BCUT2D eigenvalue weighted by molar-refractivity contribution is 5.89. The summed E-state index contributed by atoms with van der Waals surface area (Å²) in [5.41, 5.74) is -0.661. The van der Waals surface area contributed by atoms with E-state index in [0.29, 0.717) is 0 Å². The summed E-state index contributed by atoms with van der Waals surface area (Å²) < 4.78 is 37.5. The molecule has 0 radical (unpaired) electrons. The van der Waals surface area contributed by atoms with E-state index in [2.05, 4.69) is 10.6 Å². The van der Waals surface area contributed by atoms with E-state index in [1.54, 1.807) is 0 Å². The van der Waals surface area contributed by atoms with E-state index in [4.69, 9.17) is 0 Å². The lowest BCUT2D eigenvalue weighted by Crippen LogP contribution is -2.37. The molecule has 0 atom stereocenters. The van der Waals surface area contributed by atoms with Crippen molar-refractivity contribution in [3.8, 4) is 0 Å². The topological polar surface area (TPSA) is 41.1 Å². The van der Waals surface area contributed by atoms with Crippen molar-refractivity contribution in [2.75, 3.05) is 5.32 Å². The second-order valence-electron chi connectivity index (χ2n) is 4.19. The summed E-state index contributed by atoms with van der Waals surface area (Å²) in [6.07, 6.45) is -2.87. The molecule has 1 aromatic carbocycles. The summed E-state index contributed by atoms with van der Waals surface area (Å²) in [5.74, 6) is 0. The molecule has 0 aromatic heterocycles. The first-order valence-electron chi connectivity index (χ1n) is 6.11. The minimum absolute atomic E-state index is 0.0193. The summed E-state index contributed by atoms with van der Waals surface area (Å²) in [6.45, 7) is 3.86. The third kappa shape index (κ3) is 4.81. The Morgan fingerprint density at radius 2 is 1.89 bits per heavy atom. The number of anilines is 1. The van der Waals surface area contributed by atoms with Crippen LogP contribution in [0.4, 0.5) is 23.7 Å². The molecule has 0 aliphatic carbocycles. The second-order valence-corrected chi connectivity index (χ2v) is 4.19. The van der Waals surface area contributed by atoms with Crippen molar-refractivity contribution in [3.63, 3.8) is 0 Å². The highest BCUT2D eigenvalue weighted by Crippen LogP contribution is 2.30. The Bertz CT molecular complexity index is 428. The van der Waals surface area contributed by atoms with Gasteiger partial charge in [0.15, 0.2) is 0 Å². The van der Waals surface area contributed by atoms with Gasteiger partial charge in [0.2, 0.25) is 0 Å². The largest absolute Gasteiger partial charge is 0.416 e. The average Bonchev–Trinajstić information content (AvgIpc) is 2.35. The van der Waals surface area contributed by atoms with Gasteiger partial charge in [0.1, 0.15) is 0 Å². The van der Waals surface area contributed by atoms with Gasteiger partial charge in [0, 0.05) is 11.7 Å². The quantitative estimate of drug-likeness (QED) is 0.855. The molecular formula is C13H17F3N2O. The molecule has 0 bridgehead atoms. The lowest BCUT2D eigenvalue weighted by Gasteiger charge is -2.16. The number of hydrogen-bond donors (Lipinski definition) is 2. The maximum Gasteiger partial charge on any atom is 0.416 e. The van der Waals surface area contributed by atoms with Gasteiger partial charge in [-0.1, -0.05) is 19.9 Å². The number of rotatable bonds is 4. The Morgan fingerprint density at radius 1 is 1.26 bits per heavy atom. The predicted octanol–water partition coefficient (Wildman–Crippen LogP) is 4.02. The maximum atomic E-state index is 12.5. The van der Waals surface area contributed by atoms with Crippen LogP contribution in [0.5, 0.6) is 0 Å². The zero-order valence-corrected chi connectivity index (χ0v) is 10.8. The van der Waals surface area contributed by atoms with Crippen molar-refractivity contribution >= 4 is 11.7 Å². The number of amides is 2. The molecule has 1 rings (SSSR count). The fourth-order valence-corrected chi connectivity index (χ4v) is 1.62. The first-order chi connectivity index (χ1) is 8.86. The molecule has 0 aliphatic rings. The molecule has 106 valence electrons. The van der Waals surface area contributed by atoms with Crippen molar-refractivity contribution in [1.82, 2.24) is 5.32 Å². The van der Waals surface area contributed by atoms with Gasteiger partial charge >= 0.3 is 12.2 Å². The highest BCUT2D eigenvalue weighted by Gasteiger charge is 2.30. The SMILES string of the molecule is CCC(CC)NC(=O)Nc1cccc(C(F)(F)F)c1. The normalized spacial score (nSPS) is 11.5. The minimum Gasteiger partial charge on any atom is -0.335 e. The molecule has 2 amide bonds. The van der Waals surface area contributed by atoms with Crippen molar-refractivity contribution < 1.29 is 18.0 Å². The molecule has 1 aromatic rings. The van der Waals surface area contributed by atoms with Gasteiger partial charge in [-0.2, -0.15) is 13.2 Å². The molecule has 2 N–H and O–H groups in total. The highest BCUT2D eigenvalue weighted by atomic mass is 19.4. The van der Waals surface area contributed by atoms with Gasteiger partial charge in [-0.3, -0.25) is 0 Å². The minimum atomic E-state index is -4.41. The summed E-state index contributed by atoms with van der Waals surface area (Å²) in [4.78, 5) is 11.6. The van der Waals surface area contributed by atoms with Crippen LogP contribution >= 0.6 is 0 Å². The van der Waals surface area contributed by atoms with Crippen LogP contribution in [-0.2, 0) is 6.18 Å². The molecule has 0 saturated heterocycles. The summed E-state index contributed by atoms with van der Waals surface area (Å²) in [6, 6.07) is 4.08. The van der Waals surface area contributed by atoms with Gasteiger partial charge in [-0.05, 0) is 31.0 Å². The Hall–Kier alpha value is -1.72. The van der Waals surface area contributed by atoms with E-state index in [9.17, 15) is 18.0 Å². The Morgan fingerprint density at radius 3 is 2.42 bits per heavy atom. The second kappa shape index (κ2) is 6.45. The van der Waals surface area contributed by atoms with Gasteiger partial charge in [0.25, 0.3) is 0 Å². The number of halogens is 3. The molecule has 0 aliphatic heterocycles. The Labute approximate surface area is 110 Å². The number of carbonyl (C=O) groups excluding carboxylic acids is 1. The van der Waals surface area contributed by atoms with Crippen LogP contribution in [0.3, 0.4) is 0 Å². The first kappa shape index (κ1) is 15.3. The van der Waals surface area contributed by atoms with Crippen LogP contribution in [0.1, 0.15) is 32.3 Å². The Kier molecular flexibility index (Phi) is 5.20. The van der Waals surface area contributed by atoms with Crippen LogP contribution in [-0.4, -0.2) is 12.1 Å². The fourth-order valence-electron chi connectivity index (χ4n) is 1.62. The summed E-state index contributed by atoms with van der Waals surface area (Å²) in [7, 11) is 0. The van der Waals surface area contributed by atoms with Crippen LogP contribution in [0.2, 0.25) is 0 Å². The number of benzene rings is 1. The van der Waals surface area contributed by atoms with Crippen LogP contribution in [0.15, 0.2) is 24.3 Å². The third-order valence-corrected chi connectivity index (χ3v) is 2.77. The molecule has 0 fully saturated rings. The Balaban J connectivity index is 2.70. The summed E-state index contributed by atoms with van der Waals surface area (Å²) in [5, 5.41) is 5.10. The zero-order valence-electron chi connectivity index (χ0n) is 10.8. The standard InChI is InChI=1S/C13H17F3N2O/c1-3-10(4-2)17-12(19)18-11-7-5-6-9(8-11)13(14,15)16/h5-8,10H,3-4H2,1-2H3,(H2,17,18,19). The zero-order chi connectivity index (χ0) is 14.5. The lowest BCUT2D eigenvalue weighted by atomic mass is 10.2. The molecule has 19 heavy (non-hydrogen) atoms. The average molecular weight is 274 g/mol. The van der Waals surface area contributed by atoms with Crippen molar-refractivity contribution in [2.24, 2.45) is 0 Å². The molecule has 6 heteroatoms. The van der Waals surface area contributed by atoms with E-state index in [-0.39, 0.29) is 11.7 Å². The molecule has 0 heterocycles. The van der Waals surface area contributed by atoms with Gasteiger partial charge < -0.3 is 10.6 Å². The fraction of sp³-hybridized carbons (Fsp3) is 0.462.